The first-order valence-corrected chi connectivity index (χ1v) is 8.20. The van der Waals surface area contributed by atoms with Crippen molar-refractivity contribution >= 4 is 23.1 Å². The van der Waals surface area contributed by atoms with Crippen molar-refractivity contribution in [3.8, 4) is 0 Å². The zero-order valence-corrected chi connectivity index (χ0v) is 12.2. The summed E-state index contributed by atoms with van der Waals surface area (Å²) < 4.78 is 5.56. The predicted molar refractivity (Wildman–Crippen MR) is 77.0 cm³/mol. The number of hydrogen-bond acceptors (Lipinski definition) is 4. The SMILES string of the molecule is CC(NCCSC1CCOC1C)c1cccs1. The Morgan fingerprint density at radius 2 is 2.53 bits per heavy atom. The van der Waals surface area contributed by atoms with E-state index in [2.05, 4.69) is 36.7 Å². The molecule has 1 fully saturated rings. The molecule has 3 atom stereocenters. The van der Waals surface area contributed by atoms with Crippen molar-refractivity contribution in [1.82, 2.24) is 5.32 Å². The number of ether oxygens (including phenoxy) is 1. The maximum absolute atomic E-state index is 5.56. The summed E-state index contributed by atoms with van der Waals surface area (Å²) in [6, 6.07) is 4.79. The molecule has 1 aliphatic rings. The molecular formula is C13H21NOS2. The van der Waals surface area contributed by atoms with Gasteiger partial charge in [-0.3, -0.25) is 0 Å². The number of nitrogens with one attached hydrogen (secondary N) is 1. The van der Waals surface area contributed by atoms with Gasteiger partial charge in [0.05, 0.1) is 6.10 Å². The average Bonchev–Trinajstić information content (AvgIpc) is 2.96. The minimum Gasteiger partial charge on any atom is -0.377 e. The van der Waals surface area contributed by atoms with E-state index >= 15 is 0 Å². The lowest BCUT2D eigenvalue weighted by molar-refractivity contribution is 0.127. The molecule has 0 aliphatic carbocycles. The van der Waals surface area contributed by atoms with Gasteiger partial charge in [0.25, 0.3) is 0 Å². The normalized spacial score (nSPS) is 26.2. The zero-order valence-electron chi connectivity index (χ0n) is 10.5. The van der Waals surface area contributed by atoms with Crippen molar-refractivity contribution in [3.63, 3.8) is 0 Å². The molecular weight excluding hydrogens is 250 g/mol. The maximum atomic E-state index is 5.56. The van der Waals surface area contributed by atoms with Crippen molar-refractivity contribution in [1.29, 1.82) is 0 Å². The lowest BCUT2D eigenvalue weighted by Gasteiger charge is -2.15. The van der Waals surface area contributed by atoms with E-state index in [-0.39, 0.29) is 0 Å². The average molecular weight is 271 g/mol. The lowest BCUT2D eigenvalue weighted by Crippen LogP contribution is -2.22. The molecule has 3 unspecified atom stereocenters. The predicted octanol–water partition coefficient (Wildman–Crippen LogP) is 3.31. The first-order valence-electron chi connectivity index (χ1n) is 6.27. The van der Waals surface area contributed by atoms with Crippen LogP contribution in [0.3, 0.4) is 0 Å². The Labute approximate surface area is 112 Å². The Morgan fingerprint density at radius 1 is 1.65 bits per heavy atom. The van der Waals surface area contributed by atoms with Crippen LogP contribution in [-0.2, 0) is 4.74 Å². The van der Waals surface area contributed by atoms with Crippen LogP contribution in [0.5, 0.6) is 0 Å². The third-order valence-corrected chi connectivity index (χ3v) is 5.70. The molecule has 1 N–H and O–H groups in total. The van der Waals surface area contributed by atoms with Gasteiger partial charge in [-0.15, -0.1) is 11.3 Å². The van der Waals surface area contributed by atoms with E-state index in [9.17, 15) is 0 Å². The van der Waals surface area contributed by atoms with E-state index in [1.165, 1.54) is 17.1 Å². The van der Waals surface area contributed by atoms with Crippen LogP contribution in [0.2, 0.25) is 0 Å². The minimum absolute atomic E-state index is 0.440. The highest BCUT2D eigenvalue weighted by Crippen LogP contribution is 2.26. The highest BCUT2D eigenvalue weighted by atomic mass is 32.2. The van der Waals surface area contributed by atoms with Crippen molar-refractivity contribution in [3.05, 3.63) is 22.4 Å². The summed E-state index contributed by atoms with van der Waals surface area (Å²) in [6.45, 7) is 6.44. The van der Waals surface area contributed by atoms with Crippen molar-refractivity contribution in [2.45, 2.75) is 37.7 Å². The Morgan fingerprint density at radius 3 is 3.18 bits per heavy atom. The van der Waals surface area contributed by atoms with Crippen LogP contribution in [0.1, 0.15) is 31.2 Å². The van der Waals surface area contributed by atoms with Gasteiger partial charge >= 0.3 is 0 Å². The van der Waals surface area contributed by atoms with Crippen molar-refractivity contribution < 1.29 is 4.74 Å². The molecule has 0 aromatic carbocycles. The highest BCUT2D eigenvalue weighted by Gasteiger charge is 2.23. The zero-order chi connectivity index (χ0) is 12.1. The topological polar surface area (TPSA) is 21.3 Å². The summed E-state index contributed by atoms with van der Waals surface area (Å²) in [6.07, 6.45) is 1.65. The fraction of sp³-hybridized carbons (Fsp3) is 0.692. The smallest absolute Gasteiger partial charge is 0.0666 e. The molecule has 1 aromatic rings. The third-order valence-electron chi connectivity index (χ3n) is 3.16. The molecule has 2 nitrogen and oxygen atoms in total. The molecule has 1 aromatic heterocycles. The molecule has 17 heavy (non-hydrogen) atoms. The first kappa shape index (κ1) is 13.4. The van der Waals surface area contributed by atoms with E-state index in [1.54, 1.807) is 0 Å². The van der Waals surface area contributed by atoms with Gasteiger partial charge in [-0.2, -0.15) is 11.8 Å². The largest absolute Gasteiger partial charge is 0.377 e. The third kappa shape index (κ3) is 3.98. The van der Waals surface area contributed by atoms with Crippen LogP contribution < -0.4 is 5.32 Å². The van der Waals surface area contributed by atoms with E-state index < -0.39 is 0 Å². The lowest BCUT2D eigenvalue weighted by atomic mass is 10.3. The van der Waals surface area contributed by atoms with Gasteiger partial charge in [-0.05, 0) is 31.7 Å². The Hall–Kier alpha value is -0.0300. The van der Waals surface area contributed by atoms with E-state index in [0.717, 1.165) is 13.2 Å². The van der Waals surface area contributed by atoms with Gasteiger partial charge in [0.2, 0.25) is 0 Å². The monoisotopic (exact) mass is 271 g/mol. The van der Waals surface area contributed by atoms with Crippen molar-refractivity contribution in [2.24, 2.45) is 0 Å². The number of hydrogen-bond donors (Lipinski definition) is 1. The second-order valence-corrected chi connectivity index (χ2v) is 6.79. The Bertz CT molecular complexity index is 315. The second-order valence-electron chi connectivity index (χ2n) is 4.47. The van der Waals surface area contributed by atoms with Crippen LogP contribution >= 0.6 is 23.1 Å². The first-order chi connectivity index (χ1) is 8.27. The summed E-state index contributed by atoms with van der Waals surface area (Å²) in [7, 11) is 0. The summed E-state index contributed by atoms with van der Waals surface area (Å²) in [5.41, 5.74) is 0. The molecule has 0 amide bonds. The molecule has 96 valence electrons. The molecule has 0 bridgehead atoms. The van der Waals surface area contributed by atoms with Crippen molar-refractivity contribution in [2.75, 3.05) is 18.9 Å². The summed E-state index contributed by atoms with van der Waals surface area (Å²) in [5, 5.41) is 6.41. The van der Waals surface area contributed by atoms with Crippen LogP contribution in [0.4, 0.5) is 0 Å². The number of rotatable bonds is 6. The van der Waals surface area contributed by atoms with Crippen LogP contribution in [0, 0.1) is 0 Å². The van der Waals surface area contributed by atoms with Crippen LogP contribution in [-0.4, -0.2) is 30.3 Å². The molecule has 1 aliphatic heterocycles. The number of thioether (sulfide) groups is 1. The second kappa shape index (κ2) is 6.78. The van der Waals surface area contributed by atoms with Crippen LogP contribution in [0.15, 0.2) is 17.5 Å². The van der Waals surface area contributed by atoms with Gasteiger partial charge in [0.15, 0.2) is 0 Å². The summed E-state index contributed by atoms with van der Waals surface area (Å²) in [5.74, 6) is 1.17. The minimum atomic E-state index is 0.440. The van der Waals surface area contributed by atoms with Crippen LogP contribution in [0.25, 0.3) is 0 Å². The number of thiophene rings is 1. The highest BCUT2D eigenvalue weighted by molar-refractivity contribution is 8.00. The molecule has 2 rings (SSSR count). The quantitative estimate of drug-likeness (QED) is 0.802. The summed E-state index contributed by atoms with van der Waals surface area (Å²) in [4.78, 5) is 1.42. The molecule has 0 saturated carbocycles. The molecule has 0 spiro atoms. The summed E-state index contributed by atoms with van der Waals surface area (Å²) >= 11 is 3.87. The van der Waals surface area contributed by atoms with Gasteiger partial charge in [-0.1, -0.05) is 6.07 Å². The van der Waals surface area contributed by atoms with E-state index in [1.807, 2.05) is 23.1 Å². The van der Waals surface area contributed by atoms with Gasteiger partial charge in [-0.25, -0.2) is 0 Å². The van der Waals surface area contributed by atoms with E-state index in [4.69, 9.17) is 4.74 Å². The molecule has 1 saturated heterocycles. The standard InChI is InChI=1S/C13H21NOS2/c1-10(12-4-3-8-16-12)14-6-9-17-13-5-7-15-11(13)2/h3-4,8,10-11,13-14H,5-7,9H2,1-2H3. The molecule has 2 heterocycles. The van der Waals surface area contributed by atoms with Gasteiger partial charge in [0, 0.05) is 35.1 Å². The Kier molecular flexibility index (Phi) is 5.35. The fourth-order valence-electron chi connectivity index (χ4n) is 2.05. The Balaban J connectivity index is 1.60. The fourth-order valence-corrected chi connectivity index (χ4v) is 3.96. The molecule has 0 radical (unpaired) electrons. The van der Waals surface area contributed by atoms with E-state index in [0.29, 0.717) is 17.4 Å². The van der Waals surface area contributed by atoms with Gasteiger partial charge < -0.3 is 10.1 Å². The maximum Gasteiger partial charge on any atom is 0.0666 e. The van der Waals surface area contributed by atoms with Gasteiger partial charge in [0.1, 0.15) is 0 Å². The molecule has 4 heteroatoms.